The van der Waals surface area contributed by atoms with Crippen LogP contribution in [-0.4, -0.2) is 30.2 Å². The van der Waals surface area contributed by atoms with Crippen LogP contribution >= 0.6 is 0 Å². The van der Waals surface area contributed by atoms with Crippen molar-refractivity contribution in [2.75, 3.05) is 13.1 Å². The number of rotatable bonds is 2. The molecule has 0 radical (unpaired) electrons. The third-order valence-corrected chi connectivity index (χ3v) is 3.39. The fourth-order valence-corrected chi connectivity index (χ4v) is 2.62. The van der Waals surface area contributed by atoms with Crippen molar-refractivity contribution in [1.29, 1.82) is 0 Å². The van der Waals surface area contributed by atoms with E-state index in [2.05, 4.69) is 50.8 Å². The first kappa shape index (κ1) is 12.6. The van der Waals surface area contributed by atoms with Gasteiger partial charge in [-0.15, -0.1) is 0 Å². The summed E-state index contributed by atoms with van der Waals surface area (Å²) in [6.07, 6.45) is 0.702. The molecule has 0 spiro atoms. The Bertz CT molecular complexity index is 379. The van der Waals surface area contributed by atoms with Crippen LogP contribution < -0.4 is 0 Å². The van der Waals surface area contributed by atoms with Crippen molar-refractivity contribution < 1.29 is 4.74 Å². The summed E-state index contributed by atoms with van der Waals surface area (Å²) in [5, 5.41) is 0. The van der Waals surface area contributed by atoms with Gasteiger partial charge in [-0.25, -0.2) is 0 Å². The van der Waals surface area contributed by atoms with Crippen molar-refractivity contribution in [1.82, 2.24) is 4.90 Å². The maximum atomic E-state index is 5.77. The zero-order valence-electron chi connectivity index (χ0n) is 11.4. The van der Waals surface area contributed by atoms with E-state index in [1.165, 1.54) is 16.7 Å². The average Bonchev–Trinajstić information content (AvgIpc) is 2.22. The molecule has 2 nitrogen and oxygen atoms in total. The van der Waals surface area contributed by atoms with Gasteiger partial charge in [0.05, 0.1) is 12.2 Å². The second-order valence-electron chi connectivity index (χ2n) is 5.38. The minimum Gasteiger partial charge on any atom is -0.373 e. The number of morpholine rings is 1. The number of ether oxygens (including phenoxy) is 1. The van der Waals surface area contributed by atoms with E-state index in [4.69, 9.17) is 4.74 Å². The van der Waals surface area contributed by atoms with Crippen LogP contribution in [0.1, 0.15) is 30.5 Å². The molecule has 94 valence electrons. The van der Waals surface area contributed by atoms with Crippen LogP contribution in [0, 0.1) is 13.8 Å². The van der Waals surface area contributed by atoms with E-state index in [1.807, 2.05) is 0 Å². The molecule has 2 heteroatoms. The molecule has 1 aliphatic rings. The van der Waals surface area contributed by atoms with Crippen LogP contribution in [0.25, 0.3) is 0 Å². The topological polar surface area (TPSA) is 12.5 Å². The first-order valence-corrected chi connectivity index (χ1v) is 6.48. The molecular weight excluding hydrogens is 210 g/mol. The molecule has 1 aromatic carbocycles. The summed E-state index contributed by atoms with van der Waals surface area (Å²) in [6.45, 7) is 11.8. The van der Waals surface area contributed by atoms with E-state index in [0.717, 1.165) is 19.6 Å². The van der Waals surface area contributed by atoms with E-state index in [-0.39, 0.29) is 0 Å². The molecule has 1 aromatic rings. The largest absolute Gasteiger partial charge is 0.373 e. The van der Waals surface area contributed by atoms with Gasteiger partial charge in [0, 0.05) is 19.6 Å². The van der Waals surface area contributed by atoms with Crippen molar-refractivity contribution in [2.24, 2.45) is 0 Å². The molecule has 0 amide bonds. The number of hydrogen-bond donors (Lipinski definition) is 0. The quantitative estimate of drug-likeness (QED) is 0.779. The summed E-state index contributed by atoms with van der Waals surface area (Å²) in [7, 11) is 0. The van der Waals surface area contributed by atoms with Crippen LogP contribution in [0.15, 0.2) is 18.2 Å². The lowest BCUT2D eigenvalue weighted by molar-refractivity contribution is -0.0705. The van der Waals surface area contributed by atoms with E-state index >= 15 is 0 Å². The first-order valence-electron chi connectivity index (χ1n) is 6.48. The van der Waals surface area contributed by atoms with Crippen LogP contribution in [0.2, 0.25) is 0 Å². The monoisotopic (exact) mass is 233 g/mol. The number of aryl methyl sites for hydroxylation is 2. The molecule has 0 unspecified atom stereocenters. The number of nitrogens with zero attached hydrogens (tertiary/aromatic N) is 1. The van der Waals surface area contributed by atoms with Crippen LogP contribution in [0.3, 0.4) is 0 Å². The summed E-state index contributed by atoms with van der Waals surface area (Å²) in [5.74, 6) is 0. The molecule has 2 rings (SSSR count). The predicted octanol–water partition coefficient (Wildman–Crippen LogP) is 2.91. The van der Waals surface area contributed by atoms with Gasteiger partial charge in [-0.3, -0.25) is 4.90 Å². The van der Waals surface area contributed by atoms with E-state index in [9.17, 15) is 0 Å². The molecule has 17 heavy (non-hydrogen) atoms. The lowest BCUT2D eigenvalue weighted by Gasteiger charge is -2.35. The molecule has 1 saturated heterocycles. The zero-order chi connectivity index (χ0) is 12.4. The lowest BCUT2D eigenvalue weighted by Crippen LogP contribution is -2.44. The van der Waals surface area contributed by atoms with Gasteiger partial charge >= 0.3 is 0 Å². The highest BCUT2D eigenvalue weighted by Gasteiger charge is 2.22. The highest BCUT2D eigenvalue weighted by Crippen LogP contribution is 2.17. The van der Waals surface area contributed by atoms with Gasteiger partial charge in [-0.2, -0.15) is 0 Å². The standard InChI is InChI=1S/C15H23NO/c1-11-5-6-12(2)15(7-11)10-16-8-13(3)17-14(4)9-16/h5-7,13-14H,8-10H2,1-4H3/t13-,14-/m1/s1. The molecule has 0 saturated carbocycles. The number of benzene rings is 1. The zero-order valence-corrected chi connectivity index (χ0v) is 11.4. The third-order valence-electron chi connectivity index (χ3n) is 3.39. The smallest absolute Gasteiger partial charge is 0.0678 e. The summed E-state index contributed by atoms with van der Waals surface area (Å²) >= 11 is 0. The molecule has 1 fully saturated rings. The van der Waals surface area contributed by atoms with Gasteiger partial charge in [0.2, 0.25) is 0 Å². The van der Waals surface area contributed by atoms with Crippen molar-refractivity contribution in [3.63, 3.8) is 0 Å². The highest BCUT2D eigenvalue weighted by atomic mass is 16.5. The Morgan fingerprint density at radius 2 is 1.82 bits per heavy atom. The molecule has 0 N–H and O–H groups in total. The van der Waals surface area contributed by atoms with Gasteiger partial charge in [-0.1, -0.05) is 23.8 Å². The Balaban J connectivity index is 2.07. The summed E-state index contributed by atoms with van der Waals surface area (Å²) in [5.41, 5.74) is 4.19. The Morgan fingerprint density at radius 1 is 1.18 bits per heavy atom. The maximum Gasteiger partial charge on any atom is 0.0678 e. The Hall–Kier alpha value is -0.860. The van der Waals surface area contributed by atoms with Crippen molar-refractivity contribution in [2.45, 2.75) is 46.4 Å². The van der Waals surface area contributed by atoms with Crippen LogP contribution in [0.4, 0.5) is 0 Å². The third kappa shape index (κ3) is 3.30. The van der Waals surface area contributed by atoms with Crippen molar-refractivity contribution in [3.8, 4) is 0 Å². The predicted molar refractivity (Wildman–Crippen MR) is 71.2 cm³/mol. The Kier molecular flexibility index (Phi) is 3.85. The van der Waals surface area contributed by atoms with E-state index < -0.39 is 0 Å². The van der Waals surface area contributed by atoms with E-state index in [1.54, 1.807) is 0 Å². The van der Waals surface area contributed by atoms with E-state index in [0.29, 0.717) is 12.2 Å². The Labute approximate surface area is 105 Å². The Morgan fingerprint density at radius 3 is 2.47 bits per heavy atom. The fourth-order valence-electron chi connectivity index (χ4n) is 2.62. The van der Waals surface area contributed by atoms with Gasteiger partial charge in [0.1, 0.15) is 0 Å². The normalized spacial score (nSPS) is 26.1. The van der Waals surface area contributed by atoms with Gasteiger partial charge in [-0.05, 0) is 38.8 Å². The first-order chi connectivity index (χ1) is 8.04. The van der Waals surface area contributed by atoms with Gasteiger partial charge < -0.3 is 4.74 Å². The fraction of sp³-hybridized carbons (Fsp3) is 0.600. The summed E-state index contributed by atoms with van der Waals surface area (Å²) < 4.78 is 5.77. The molecule has 2 atom stereocenters. The number of hydrogen-bond acceptors (Lipinski definition) is 2. The second kappa shape index (κ2) is 5.19. The molecule has 1 heterocycles. The SMILES string of the molecule is Cc1ccc(C)c(CN2C[C@@H](C)O[C@H](C)C2)c1. The summed E-state index contributed by atoms with van der Waals surface area (Å²) in [6, 6.07) is 6.71. The van der Waals surface area contributed by atoms with Crippen molar-refractivity contribution in [3.05, 3.63) is 34.9 Å². The molecule has 0 bridgehead atoms. The summed E-state index contributed by atoms with van der Waals surface area (Å²) in [4.78, 5) is 2.50. The maximum absolute atomic E-state index is 5.77. The highest BCUT2D eigenvalue weighted by molar-refractivity contribution is 5.30. The van der Waals surface area contributed by atoms with Crippen LogP contribution in [-0.2, 0) is 11.3 Å². The molecule has 0 aromatic heterocycles. The molecule has 0 aliphatic carbocycles. The van der Waals surface area contributed by atoms with Crippen molar-refractivity contribution >= 4 is 0 Å². The lowest BCUT2D eigenvalue weighted by atomic mass is 10.0. The van der Waals surface area contributed by atoms with Gasteiger partial charge in [0.15, 0.2) is 0 Å². The second-order valence-corrected chi connectivity index (χ2v) is 5.38. The minimum atomic E-state index is 0.351. The molecule has 1 aliphatic heterocycles. The van der Waals surface area contributed by atoms with Crippen LogP contribution in [0.5, 0.6) is 0 Å². The van der Waals surface area contributed by atoms with Gasteiger partial charge in [0.25, 0.3) is 0 Å². The average molecular weight is 233 g/mol. The molecular formula is C15H23NO. The minimum absolute atomic E-state index is 0.351.